The van der Waals surface area contributed by atoms with E-state index < -0.39 is 0 Å². The van der Waals surface area contributed by atoms with Gasteiger partial charge in [-0.15, -0.1) is 21.5 Å². The van der Waals surface area contributed by atoms with E-state index in [9.17, 15) is 0 Å². The van der Waals surface area contributed by atoms with E-state index in [0.29, 0.717) is 0 Å². The van der Waals surface area contributed by atoms with Crippen LogP contribution in [0.4, 0.5) is 0 Å². The van der Waals surface area contributed by atoms with E-state index in [1.807, 2.05) is 50.9 Å². The second-order valence-electron chi connectivity index (χ2n) is 4.51. The van der Waals surface area contributed by atoms with Crippen molar-refractivity contribution in [1.82, 2.24) is 24.1 Å². The molecule has 5 nitrogen and oxygen atoms in total. The molecular formula is C14H10BrN5S2. The Balaban J connectivity index is 1.59. The molecule has 0 bridgehead atoms. The van der Waals surface area contributed by atoms with E-state index in [1.54, 1.807) is 29.4 Å². The third-order valence-corrected chi connectivity index (χ3v) is 5.71. The van der Waals surface area contributed by atoms with Crippen LogP contribution >= 0.6 is 39.0 Å². The van der Waals surface area contributed by atoms with Crippen molar-refractivity contribution in [3.63, 3.8) is 0 Å². The number of para-hydroxylation sites is 1. The summed E-state index contributed by atoms with van der Waals surface area (Å²) >= 11 is 6.86. The molecule has 22 heavy (non-hydrogen) atoms. The van der Waals surface area contributed by atoms with Crippen molar-refractivity contribution in [1.29, 1.82) is 0 Å². The fourth-order valence-corrected chi connectivity index (χ4v) is 4.53. The summed E-state index contributed by atoms with van der Waals surface area (Å²) in [6, 6.07) is 10.1. The highest BCUT2D eigenvalue weighted by Crippen LogP contribution is 2.28. The maximum atomic E-state index is 4.63. The highest BCUT2D eigenvalue weighted by molar-refractivity contribution is 9.10. The van der Waals surface area contributed by atoms with Crippen molar-refractivity contribution in [3.05, 3.63) is 58.5 Å². The Labute approximate surface area is 143 Å². The summed E-state index contributed by atoms with van der Waals surface area (Å²) < 4.78 is 5.03. The third-order valence-electron chi connectivity index (χ3n) is 3.16. The SMILES string of the molecule is Brc1c(CSc2nncn2-c2ccccc2)nc2sccn12. The van der Waals surface area contributed by atoms with Crippen molar-refractivity contribution in [2.75, 3.05) is 0 Å². The summed E-state index contributed by atoms with van der Waals surface area (Å²) in [5.41, 5.74) is 2.07. The molecule has 0 aliphatic carbocycles. The van der Waals surface area contributed by atoms with E-state index in [0.717, 1.165) is 31.9 Å². The molecule has 0 aliphatic rings. The Morgan fingerprint density at radius 1 is 1.23 bits per heavy atom. The Kier molecular flexibility index (Phi) is 3.73. The van der Waals surface area contributed by atoms with Gasteiger partial charge in [0.1, 0.15) is 10.9 Å². The summed E-state index contributed by atoms with van der Waals surface area (Å²) in [4.78, 5) is 5.62. The van der Waals surface area contributed by atoms with Crippen LogP contribution in [0.5, 0.6) is 0 Å². The van der Waals surface area contributed by atoms with Crippen molar-refractivity contribution < 1.29 is 0 Å². The first-order chi connectivity index (χ1) is 10.8. The molecule has 3 heterocycles. The average molecular weight is 392 g/mol. The number of fused-ring (bicyclic) bond motifs is 1. The van der Waals surface area contributed by atoms with Gasteiger partial charge in [-0.05, 0) is 28.1 Å². The minimum atomic E-state index is 0.737. The van der Waals surface area contributed by atoms with Crippen molar-refractivity contribution in [2.45, 2.75) is 10.9 Å². The number of thiazole rings is 1. The fraction of sp³-hybridized carbons (Fsp3) is 0.0714. The number of aromatic nitrogens is 5. The van der Waals surface area contributed by atoms with Crippen LogP contribution in [0, 0.1) is 0 Å². The zero-order valence-electron chi connectivity index (χ0n) is 11.3. The number of halogens is 1. The topological polar surface area (TPSA) is 48.0 Å². The van der Waals surface area contributed by atoms with Crippen molar-refractivity contribution in [3.8, 4) is 5.69 Å². The number of nitrogens with zero attached hydrogens (tertiary/aromatic N) is 5. The van der Waals surface area contributed by atoms with Gasteiger partial charge in [-0.1, -0.05) is 30.0 Å². The van der Waals surface area contributed by atoms with Gasteiger partial charge in [0, 0.05) is 23.0 Å². The molecule has 0 saturated carbocycles. The van der Waals surface area contributed by atoms with Gasteiger partial charge in [-0.2, -0.15) is 0 Å². The molecule has 0 saturated heterocycles. The zero-order valence-corrected chi connectivity index (χ0v) is 14.5. The van der Waals surface area contributed by atoms with Gasteiger partial charge in [0.05, 0.1) is 5.69 Å². The number of hydrogen-bond donors (Lipinski definition) is 0. The lowest BCUT2D eigenvalue weighted by atomic mass is 10.3. The Morgan fingerprint density at radius 2 is 2.09 bits per heavy atom. The lowest BCUT2D eigenvalue weighted by molar-refractivity contribution is 0.883. The lowest BCUT2D eigenvalue weighted by Crippen LogP contribution is -1.95. The first-order valence-electron chi connectivity index (χ1n) is 6.51. The van der Waals surface area contributed by atoms with Gasteiger partial charge in [0.25, 0.3) is 0 Å². The van der Waals surface area contributed by atoms with Gasteiger partial charge in [-0.3, -0.25) is 8.97 Å². The Hall–Kier alpha value is -1.64. The molecule has 4 rings (SSSR count). The smallest absolute Gasteiger partial charge is 0.195 e. The Morgan fingerprint density at radius 3 is 2.91 bits per heavy atom. The van der Waals surface area contributed by atoms with Crippen molar-refractivity contribution in [2.24, 2.45) is 0 Å². The molecule has 4 aromatic rings. The average Bonchev–Trinajstić information content (AvgIpc) is 3.25. The van der Waals surface area contributed by atoms with Crippen LogP contribution in [-0.4, -0.2) is 24.1 Å². The van der Waals surface area contributed by atoms with Crippen LogP contribution in [0.15, 0.2) is 58.0 Å². The highest BCUT2D eigenvalue weighted by atomic mass is 79.9. The van der Waals surface area contributed by atoms with Crippen molar-refractivity contribution >= 4 is 44.0 Å². The van der Waals surface area contributed by atoms with E-state index in [4.69, 9.17) is 0 Å². The zero-order chi connectivity index (χ0) is 14.9. The van der Waals surface area contributed by atoms with E-state index in [1.165, 1.54) is 0 Å². The van der Waals surface area contributed by atoms with Gasteiger partial charge in [0.2, 0.25) is 0 Å². The second-order valence-corrected chi connectivity index (χ2v) is 7.08. The third kappa shape index (κ3) is 2.47. The summed E-state index contributed by atoms with van der Waals surface area (Å²) in [6.45, 7) is 0. The number of rotatable bonds is 4. The minimum Gasteiger partial charge on any atom is -0.284 e. The summed E-state index contributed by atoms with van der Waals surface area (Å²) in [7, 11) is 0. The molecule has 0 N–H and O–H groups in total. The quantitative estimate of drug-likeness (QED) is 0.492. The number of imidazole rings is 1. The molecule has 0 atom stereocenters. The summed E-state index contributed by atoms with van der Waals surface area (Å²) in [5, 5.41) is 11.1. The van der Waals surface area contributed by atoms with Crippen LogP contribution < -0.4 is 0 Å². The second kappa shape index (κ2) is 5.86. The predicted octanol–water partition coefficient (Wildman–Crippen LogP) is 4.03. The standard InChI is InChI=1S/C14H10BrN5S2/c15-12-11(17-13-19(12)6-7-21-13)8-22-14-18-16-9-20(14)10-4-2-1-3-5-10/h1-7,9H,8H2. The number of hydrogen-bond acceptors (Lipinski definition) is 5. The molecule has 0 radical (unpaired) electrons. The number of benzene rings is 1. The molecule has 0 unspecified atom stereocenters. The molecule has 8 heteroatoms. The predicted molar refractivity (Wildman–Crippen MR) is 91.7 cm³/mol. The van der Waals surface area contributed by atoms with Gasteiger partial charge < -0.3 is 0 Å². The maximum Gasteiger partial charge on any atom is 0.195 e. The summed E-state index contributed by atoms with van der Waals surface area (Å²) in [5.74, 6) is 0.737. The molecule has 110 valence electrons. The van der Waals surface area contributed by atoms with Gasteiger partial charge >= 0.3 is 0 Å². The van der Waals surface area contributed by atoms with Crippen LogP contribution in [0.25, 0.3) is 10.6 Å². The van der Waals surface area contributed by atoms with E-state index in [2.05, 4.69) is 31.1 Å². The Bertz CT molecular complexity index is 912. The van der Waals surface area contributed by atoms with Crippen LogP contribution in [0.2, 0.25) is 0 Å². The molecule has 3 aromatic heterocycles. The van der Waals surface area contributed by atoms with Gasteiger partial charge in [0.15, 0.2) is 10.1 Å². The largest absolute Gasteiger partial charge is 0.284 e. The first kappa shape index (κ1) is 14.0. The molecular weight excluding hydrogens is 382 g/mol. The minimum absolute atomic E-state index is 0.737. The van der Waals surface area contributed by atoms with E-state index in [-0.39, 0.29) is 0 Å². The van der Waals surface area contributed by atoms with E-state index >= 15 is 0 Å². The monoisotopic (exact) mass is 391 g/mol. The maximum absolute atomic E-state index is 4.63. The molecule has 1 aromatic carbocycles. The fourth-order valence-electron chi connectivity index (χ4n) is 2.12. The highest BCUT2D eigenvalue weighted by Gasteiger charge is 2.13. The van der Waals surface area contributed by atoms with Crippen LogP contribution in [0.3, 0.4) is 0 Å². The van der Waals surface area contributed by atoms with Crippen LogP contribution in [0.1, 0.15) is 5.69 Å². The summed E-state index contributed by atoms with van der Waals surface area (Å²) in [6.07, 6.45) is 3.75. The molecule has 0 fully saturated rings. The molecule has 0 aliphatic heterocycles. The lowest BCUT2D eigenvalue weighted by Gasteiger charge is -2.05. The van der Waals surface area contributed by atoms with Gasteiger partial charge in [-0.25, -0.2) is 4.98 Å². The molecule has 0 amide bonds. The van der Waals surface area contributed by atoms with Crippen LogP contribution in [-0.2, 0) is 5.75 Å². The first-order valence-corrected chi connectivity index (χ1v) is 9.17. The molecule has 0 spiro atoms. The number of thioether (sulfide) groups is 1. The normalized spacial score (nSPS) is 11.3.